The summed E-state index contributed by atoms with van der Waals surface area (Å²) in [6, 6.07) is 12.2. The number of hydrogen-bond acceptors (Lipinski definition) is 3. The maximum atomic E-state index is 11.6. The van der Waals surface area contributed by atoms with E-state index in [0.29, 0.717) is 5.78 Å². The molecule has 104 valence electrons. The predicted molar refractivity (Wildman–Crippen MR) is 76.1 cm³/mol. The second kappa shape index (κ2) is 8.08. The molecule has 2 fully saturated rings. The fourth-order valence-electron chi connectivity index (χ4n) is 2.62. The van der Waals surface area contributed by atoms with Crippen LogP contribution in [0.1, 0.15) is 25.7 Å². The topological polar surface area (TPSA) is 29.5 Å². The average Bonchev–Trinajstić information content (AvgIpc) is 2.51. The van der Waals surface area contributed by atoms with E-state index < -0.39 is 0 Å². The molecule has 0 radical (unpaired) electrons. The monoisotopic (exact) mass is 261 g/mol. The highest BCUT2D eigenvalue weighted by Gasteiger charge is 2.28. The number of morpholine rings is 1. The number of ether oxygens (including phenoxy) is 1. The molecule has 1 aliphatic carbocycles. The van der Waals surface area contributed by atoms with Gasteiger partial charge in [-0.3, -0.25) is 9.69 Å². The molecular formula is C16H23NO2. The Kier molecular flexibility index (Phi) is 6.05. The van der Waals surface area contributed by atoms with Crippen LogP contribution in [0, 0.1) is 0 Å². The summed E-state index contributed by atoms with van der Waals surface area (Å²) in [6.07, 6.45) is 4.17. The van der Waals surface area contributed by atoms with Crippen LogP contribution < -0.4 is 0 Å². The fourth-order valence-corrected chi connectivity index (χ4v) is 2.62. The van der Waals surface area contributed by atoms with Crippen molar-refractivity contribution in [2.24, 2.45) is 0 Å². The molecule has 19 heavy (non-hydrogen) atoms. The third-order valence-corrected chi connectivity index (χ3v) is 3.68. The smallest absolute Gasteiger partial charge is 0.149 e. The standard InChI is InChI=1S/C10H17NO2.C6H6/c12-10-4-2-1-3-9(10)11-5-7-13-8-6-11;1-2-4-6-5-3-1/h9H,1-8H2;1-6H/t9-;/m0./s1. The molecule has 1 aromatic carbocycles. The minimum absolute atomic E-state index is 0.220. The minimum Gasteiger partial charge on any atom is -0.379 e. The lowest BCUT2D eigenvalue weighted by molar-refractivity contribution is -0.128. The van der Waals surface area contributed by atoms with Crippen molar-refractivity contribution in [3.05, 3.63) is 36.4 Å². The van der Waals surface area contributed by atoms with Crippen LogP contribution in [0.3, 0.4) is 0 Å². The molecule has 1 aliphatic heterocycles. The van der Waals surface area contributed by atoms with Gasteiger partial charge in [-0.1, -0.05) is 42.8 Å². The van der Waals surface area contributed by atoms with Gasteiger partial charge in [-0.05, 0) is 12.8 Å². The molecular weight excluding hydrogens is 238 g/mol. The molecule has 0 spiro atoms. The SMILES string of the molecule is O=C1CCCC[C@@H]1N1CCOCC1.c1ccccc1. The quantitative estimate of drug-likeness (QED) is 0.778. The Morgan fingerprint density at radius 3 is 2.05 bits per heavy atom. The minimum atomic E-state index is 0.220. The molecule has 0 amide bonds. The van der Waals surface area contributed by atoms with Crippen LogP contribution in [-0.2, 0) is 9.53 Å². The normalized spacial score (nSPS) is 24.4. The van der Waals surface area contributed by atoms with E-state index in [1.165, 1.54) is 6.42 Å². The predicted octanol–water partition coefficient (Wildman–Crippen LogP) is 2.52. The molecule has 3 heteroatoms. The first-order valence-corrected chi connectivity index (χ1v) is 7.22. The zero-order chi connectivity index (χ0) is 13.3. The van der Waals surface area contributed by atoms with E-state index in [1.807, 2.05) is 36.4 Å². The molecule has 1 saturated carbocycles. The van der Waals surface area contributed by atoms with Crippen molar-refractivity contribution in [2.75, 3.05) is 26.3 Å². The summed E-state index contributed by atoms with van der Waals surface area (Å²) >= 11 is 0. The molecule has 1 atom stereocenters. The lowest BCUT2D eigenvalue weighted by Crippen LogP contribution is -2.48. The molecule has 0 aromatic heterocycles. The first-order valence-electron chi connectivity index (χ1n) is 7.22. The zero-order valence-corrected chi connectivity index (χ0v) is 11.5. The van der Waals surface area contributed by atoms with Gasteiger partial charge >= 0.3 is 0 Å². The molecule has 3 nitrogen and oxygen atoms in total. The Bertz CT molecular complexity index is 334. The summed E-state index contributed by atoms with van der Waals surface area (Å²) in [5.41, 5.74) is 0. The lowest BCUT2D eigenvalue weighted by atomic mass is 9.93. The fraction of sp³-hybridized carbons (Fsp3) is 0.562. The van der Waals surface area contributed by atoms with Crippen LogP contribution in [0.15, 0.2) is 36.4 Å². The highest BCUT2D eigenvalue weighted by atomic mass is 16.5. The largest absolute Gasteiger partial charge is 0.379 e. The second-order valence-electron chi connectivity index (χ2n) is 5.03. The van der Waals surface area contributed by atoms with Gasteiger partial charge in [0.25, 0.3) is 0 Å². The van der Waals surface area contributed by atoms with E-state index in [0.717, 1.165) is 45.6 Å². The van der Waals surface area contributed by atoms with E-state index in [4.69, 9.17) is 4.74 Å². The summed E-state index contributed by atoms with van der Waals surface area (Å²) in [7, 11) is 0. The number of benzene rings is 1. The van der Waals surface area contributed by atoms with Gasteiger partial charge in [0.05, 0.1) is 19.3 Å². The number of nitrogens with zero attached hydrogens (tertiary/aromatic N) is 1. The van der Waals surface area contributed by atoms with E-state index in [-0.39, 0.29) is 6.04 Å². The average molecular weight is 261 g/mol. The molecule has 2 aliphatic rings. The highest BCUT2D eigenvalue weighted by molar-refractivity contribution is 5.84. The molecule has 0 unspecified atom stereocenters. The first kappa shape index (κ1) is 14.2. The Labute approximate surface area is 115 Å². The van der Waals surface area contributed by atoms with Gasteiger partial charge in [-0.15, -0.1) is 0 Å². The van der Waals surface area contributed by atoms with E-state index in [9.17, 15) is 4.79 Å². The van der Waals surface area contributed by atoms with Gasteiger partial charge in [-0.2, -0.15) is 0 Å². The van der Waals surface area contributed by atoms with Crippen LogP contribution in [0.4, 0.5) is 0 Å². The van der Waals surface area contributed by atoms with Gasteiger partial charge < -0.3 is 4.74 Å². The van der Waals surface area contributed by atoms with Crippen molar-refractivity contribution in [3.8, 4) is 0 Å². The Hall–Kier alpha value is -1.19. The van der Waals surface area contributed by atoms with Gasteiger partial charge in [-0.25, -0.2) is 0 Å². The highest BCUT2D eigenvalue weighted by Crippen LogP contribution is 2.20. The molecule has 0 bridgehead atoms. The Morgan fingerprint density at radius 2 is 1.53 bits per heavy atom. The van der Waals surface area contributed by atoms with Crippen molar-refractivity contribution >= 4 is 5.78 Å². The zero-order valence-electron chi connectivity index (χ0n) is 11.5. The maximum absolute atomic E-state index is 11.6. The van der Waals surface area contributed by atoms with Crippen LogP contribution in [-0.4, -0.2) is 43.0 Å². The Morgan fingerprint density at radius 1 is 0.947 bits per heavy atom. The van der Waals surface area contributed by atoms with Crippen LogP contribution >= 0.6 is 0 Å². The van der Waals surface area contributed by atoms with Gasteiger partial charge in [0, 0.05) is 19.5 Å². The molecule has 0 N–H and O–H groups in total. The van der Waals surface area contributed by atoms with Gasteiger partial charge in [0.15, 0.2) is 0 Å². The number of carbonyl (C=O) groups is 1. The van der Waals surface area contributed by atoms with Crippen molar-refractivity contribution < 1.29 is 9.53 Å². The number of rotatable bonds is 1. The Balaban J connectivity index is 0.000000186. The van der Waals surface area contributed by atoms with Crippen molar-refractivity contribution in [1.29, 1.82) is 0 Å². The molecule has 1 heterocycles. The summed E-state index contributed by atoms with van der Waals surface area (Å²) < 4.78 is 5.27. The maximum Gasteiger partial charge on any atom is 0.149 e. The summed E-state index contributed by atoms with van der Waals surface area (Å²) in [6.45, 7) is 3.47. The van der Waals surface area contributed by atoms with Crippen LogP contribution in [0.5, 0.6) is 0 Å². The molecule has 3 rings (SSSR count). The van der Waals surface area contributed by atoms with Crippen molar-refractivity contribution in [1.82, 2.24) is 4.90 Å². The summed E-state index contributed by atoms with van der Waals surface area (Å²) in [4.78, 5) is 13.9. The van der Waals surface area contributed by atoms with Crippen LogP contribution in [0.25, 0.3) is 0 Å². The van der Waals surface area contributed by atoms with Gasteiger partial charge in [0.2, 0.25) is 0 Å². The number of carbonyl (C=O) groups excluding carboxylic acids is 1. The van der Waals surface area contributed by atoms with E-state index >= 15 is 0 Å². The first-order chi connectivity index (χ1) is 9.38. The van der Waals surface area contributed by atoms with E-state index in [2.05, 4.69) is 4.90 Å². The lowest BCUT2D eigenvalue weighted by Gasteiger charge is -2.35. The van der Waals surface area contributed by atoms with Crippen molar-refractivity contribution in [2.45, 2.75) is 31.7 Å². The van der Waals surface area contributed by atoms with Crippen molar-refractivity contribution in [3.63, 3.8) is 0 Å². The van der Waals surface area contributed by atoms with E-state index in [1.54, 1.807) is 0 Å². The summed E-state index contributed by atoms with van der Waals surface area (Å²) in [5, 5.41) is 0. The summed E-state index contributed by atoms with van der Waals surface area (Å²) in [5.74, 6) is 0.452. The second-order valence-corrected chi connectivity index (χ2v) is 5.03. The number of Topliss-reactive ketones (excluding diaryl/α,β-unsaturated/α-hetero) is 1. The van der Waals surface area contributed by atoms with Gasteiger partial charge in [0.1, 0.15) is 5.78 Å². The number of hydrogen-bond donors (Lipinski definition) is 0. The molecule has 1 saturated heterocycles. The number of ketones is 1. The third-order valence-electron chi connectivity index (χ3n) is 3.68. The molecule has 1 aromatic rings. The van der Waals surface area contributed by atoms with Crippen LogP contribution in [0.2, 0.25) is 0 Å². The third kappa shape index (κ3) is 4.77.